The van der Waals surface area contributed by atoms with E-state index in [0.717, 1.165) is 11.4 Å². The number of nitrogens with one attached hydrogen (secondary N) is 1. The molecule has 0 bridgehead atoms. The SMILES string of the molecule is COC(=O)C(C)(C)NC(=O)CSc1nc(C)cc(C)n1. The van der Waals surface area contributed by atoms with Gasteiger partial charge in [0.15, 0.2) is 5.16 Å². The Kier molecular flexibility index (Phi) is 5.50. The standard InChI is InChI=1S/C13H19N3O3S/c1-8-6-9(2)15-12(14-8)20-7-10(17)16-13(3,4)11(18)19-5/h6H,7H2,1-5H3,(H,16,17). The van der Waals surface area contributed by atoms with Gasteiger partial charge in [-0.15, -0.1) is 0 Å². The number of amides is 1. The van der Waals surface area contributed by atoms with Crippen LogP contribution in [0.1, 0.15) is 25.2 Å². The molecular weight excluding hydrogens is 278 g/mol. The third-order valence-electron chi connectivity index (χ3n) is 2.44. The summed E-state index contributed by atoms with van der Waals surface area (Å²) in [5.74, 6) is -0.616. The lowest BCUT2D eigenvalue weighted by molar-refractivity contribution is -0.149. The molecule has 7 heteroatoms. The average molecular weight is 297 g/mol. The summed E-state index contributed by atoms with van der Waals surface area (Å²) in [5, 5.41) is 3.17. The van der Waals surface area contributed by atoms with Gasteiger partial charge in [0.05, 0.1) is 12.9 Å². The van der Waals surface area contributed by atoms with Gasteiger partial charge in [-0.05, 0) is 33.8 Å². The third kappa shape index (κ3) is 4.80. The molecule has 110 valence electrons. The third-order valence-corrected chi connectivity index (χ3v) is 3.29. The predicted octanol–water partition coefficient (Wildman–Crippen LogP) is 1.25. The largest absolute Gasteiger partial charge is 0.467 e. The molecule has 0 atom stereocenters. The second-order valence-corrected chi connectivity index (χ2v) is 5.83. The lowest BCUT2D eigenvalue weighted by atomic mass is 10.1. The number of rotatable bonds is 5. The molecule has 0 radical (unpaired) electrons. The van der Waals surface area contributed by atoms with Gasteiger partial charge in [-0.3, -0.25) is 4.79 Å². The minimum atomic E-state index is -1.05. The molecule has 0 saturated heterocycles. The highest BCUT2D eigenvalue weighted by molar-refractivity contribution is 7.99. The van der Waals surface area contributed by atoms with Crippen LogP contribution in [0.3, 0.4) is 0 Å². The molecule has 0 unspecified atom stereocenters. The van der Waals surface area contributed by atoms with Crippen molar-refractivity contribution >= 4 is 23.6 Å². The van der Waals surface area contributed by atoms with Crippen molar-refractivity contribution in [3.8, 4) is 0 Å². The zero-order valence-electron chi connectivity index (χ0n) is 12.3. The molecule has 1 heterocycles. The van der Waals surface area contributed by atoms with Gasteiger partial charge >= 0.3 is 5.97 Å². The number of esters is 1. The lowest BCUT2D eigenvalue weighted by Crippen LogP contribution is -2.50. The molecule has 1 aromatic rings. The summed E-state index contributed by atoms with van der Waals surface area (Å²) in [6.45, 7) is 6.93. The van der Waals surface area contributed by atoms with Crippen LogP contribution in [0.2, 0.25) is 0 Å². The van der Waals surface area contributed by atoms with Crippen molar-refractivity contribution in [1.29, 1.82) is 0 Å². The summed E-state index contributed by atoms with van der Waals surface area (Å²) < 4.78 is 4.62. The van der Waals surface area contributed by atoms with Crippen LogP contribution in [-0.4, -0.2) is 40.2 Å². The Morgan fingerprint density at radius 2 is 1.85 bits per heavy atom. The van der Waals surface area contributed by atoms with Gasteiger partial charge in [-0.1, -0.05) is 11.8 Å². The monoisotopic (exact) mass is 297 g/mol. The Hall–Kier alpha value is -1.63. The van der Waals surface area contributed by atoms with Gasteiger partial charge in [0.25, 0.3) is 0 Å². The van der Waals surface area contributed by atoms with Crippen LogP contribution in [0.25, 0.3) is 0 Å². The number of thioether (sulfide) groups is 1. The summed E-state index contributed by atoms with van der Waals surface area (Å²) >= 11 is 1.23. The maximum atomic E-state index is 11.8. The molecule has 1 N–H and O–H groups in total. The lowest BCUT2D eigenvalue weighted by Gasteiger charge is -2.22. The topological polar surface area (TPSA) is 81.2 Å². The van der Waals surface area contributed by atoms with E-state index < -0.39 is 11.5 Å². The van der Waals surface area contributed by atoms with E-state index in [9.17, 15) is 9.59 Å². The molecule has 1 amide bonds. The fraction of sp³-hybridized carbons (Fsp3) is 0.538. The number of aryl methyl sites for hydroxylation is 2. The number of carbonyl (C=O) groups is 2. The van der Waals surface area contributed by atoms with E-state index >= 15 is 0 Å². The summed E-state index contributed by atoms with van der Waals surface area (Å²) in [7, 11) is 1.29. The molecule has 1 aromatic heterocycles. The molecule has 0 saturated carbocycles. The van der Waals surface area contributed by atoms with Crippen molar-refractivity contribution in [1.82, 2.24) is 15.3 Å². The van der Waals surface area contributed by atoms with E-state index in [2.05, 4.69) is 20.0 Å². The Balaban J connectivity index is 2.57. The molecule has 0 aromatic carbocycles. The maximum Gasteiger partial charge on any atom is 0.330 e. The molecular formula is C13H19N3O3S. The minimum absolute atomic E-state index is 0.142. The van der Waals surface area contributed by atoms with Gasteiger partial charge in [0, 0.05) is 11.4 Å². The van der Waals surface area contributed by atoms with Crippen molar-refractivity contribution < 1.29 is 14.3 Å². The number of nitrogens with zero attached hydrogens (tertiary/aromatic N) is 2. The maximum absolute atomic E-state index is 11.8. The Bertz CT molecular complexity index is 497. The van der Waals surface area contributed by atoms with Crippen molar-refractivity contribution in [2.45, 2.75) is 38.4 Å². The van der Waals surface area contributed by atoms with Gasteiger partial charge in [0.2, 0.25) is 5.91 Å². The van der Waals surface area contributed by atoms with Gasteiger partial charge in [-0.25, -0.2) is 14.8 Å². The number of hydrogen-bond donors (Lipinski definition) is 1. The predicted molar refractivity (Wildman–Crippen MR) is 76.5 cm³/mol. The summed E-state index contributed by atoms with van der Waals surface area (Å²) in [6, 6.07) is 1.87. The normalized spacial score (nSPS) is 11.1. The van der Waals surface area contributed by atoms with Crippen molar-refractivity contribution in [3.63, 3.8) is 0 Å². The van der Waals surface area contributed by atoms with E-state index in [-0.39, 0.29) is 11.7 Å². The van der Waals surface area contributed by atoms with E-state index in [4.69, 9.17) is 0 Å². The van der Waals surface area contributed by atoms with Crippen molar-refractivity contribution in [2.75, 3.05) is 12.9 Å². The minimum Gasteiger partial charge on any atom is -0.467 e. The Morgan fingerprint density at radius 1 is 1.30 bits per heavy atom. The zero-order chi connectivity index (χ0) is 15.3. The zero-order valence-corrected chi connectivity index (χ0v) is 13.1. The van der Waals surface area contributed by atoms with E-state index in [1.54, 1.807) is 13.8 Å². The molecule has 0 spiro atoms. The second-order valence-electron chi connectivity index (χ2n) is 4.89. The highest BCUT2D eigenvalue weighted by atomic mass is 32.2. The highest BCUT2D eigenvalue weighted by Gasteiger charge is 2.30. The fourth-order valence-corrected chi connectivity index (χ4v) is 2.33. The molecule has 0 aliphatic carbocycles. The van der Waals surface area contributed by atoms with Crippen LogP contribution < -0.4 is 5.32 Å². The summed E-state index contributed by atoms with van der Waals surface area (Å²) in [5.41, 5.74) is 0.668. The van der Waals surface area contributed by atoms with Crippen molar-refractivity contribution in [3.05, 3.63) is 17.5 Å². The fourth-order valence-electron chi connectivity index (χ4n) is 1.58. The van der Waals surface area contributed by atoms with Crippen LogP contribution in [0.5, 0.6) is 0 Å². The Labute approximate surface area is 122 Å². The number of aromatic nitrogens is 2. The first kappa shape index (κ1) is 16.4. The molecule has 20 heavy (non-hydrogen) atoms. The first-order chi connectivity index (χ1) is 9.24. The van der Waals surface area contributed by atoms with Gasteiger partial charge in [-0.2, -0.15) is 0 Å². The van der Waals surface area contributed by atoms with Crippen LogP contribution in [0.15, 0.2) is 11.2 Å². The second kappa shape index (κ2) is 6.69. The average Bonchev–Trinajstić information content (AvgIpc) is 2.33. The molecule has 0 aliphatic heterocycles. The molecule has 1 rings (SSSR count). The first-order valence-corrected chi connectivity index (χ1v) is 7.07. The van der Waals surface area contributed by atoms with E-state index in [0.29, 0.717) is 5.16 Å². The van der Waals surface area contributed by atoms with Crippen LogP contribution in [0.4, 0.5) is 0 Å². The highest BCUT2D eigenvalue weighted by Crippen LogP contribution is 2.14. The Morgan fingerprint density at radius 3 is 2.35 bits per heavy atom. The van der Waals surface area contributed by atoms with Crippen molar-refractivity contribution in [2.24, 2.45) is 0 Å². The number of methoxy groups -OCH3 is 1. The first-order valence-electron chi connectivity index (χ1n) is 6.09. The smallest absolute Gasteiger partial charge is 0.330 e. The van der Waals surface area contributed by atoms with E-state index in [1.165, 1.54) is 18.9 Å². The summed E-state index contributed by atoms with van der Waals surface area (Å²) in [4.78, 5) is 31.8. The number of ether oxygens (including phenoxy) is 1. The number of hydrogen-bond acceptors (Lipinski definition) is 6. The number of carbonyl (C=O) groups excluding carboxylic acids is 2. The molecule has 6 nitrogen and oxygen atoms in total. The van der Waals surface area contributed by atoms with Crippen LogP contribution >= 0.6 is 11.8 Å². The van der Waals surface area contributed by atoms with Gasteiger partial charge in [0.1, 0.15) is 5.54 Å². The molecule has 0 fully saturated rings. The quantitative estimate of drug-likeness (QED) is 0.500. The van der Waals surface area contributed by atoms with Crippen LogP contribution in [0, 0.1) is 13.8 Å². The summed E-state index contributed by atoms with van der Waals surface area (Å²) in [6.07, 6.45) is 0. The van der Waals surface area contributed by atoms with Crippen LogP contribution in [-0.2, 0) is 14.3 Å². The molecule has 0 aliphatic rings. The van der Waals surface area contributed by atoms with E-state index in [1.807, 2.05) is 19.9 Å². The van der Waals surface area contributed by atoms with Gasteiger partial charge < -0.3 is 10.1 Å².